The highest BCUT2D eigenvalue weighted by molar-refractivity contribution is 5.74. The molecular formula is C23H32O6. The van der Waals surface area contributed by atoms with Crippen molar-refractivity contribution in [1.29, 1.82) is 0 Å². The number of benzene rings is 1. The lowest BCUT2D eigenvalue weighted by atomic mass is 10.1. The van der Waals surface area contributed by atoms with Crippen molar-refractivity contribution < 1.29 is 28.5 Å². The first kappa shape index (κ1) is 23.1. The minimum Gasteiger partial charge on any atom is -0.497 e. The molecule has 1 aliphatic heterocycles. The topological polar surface area (TPSA) is 63.2 Å². The first-order chi connectivity index (χ1) is 14.1. The molecule has 1 aliphatic rings. The van der Waals surface area contributed by atoms with Crippen molar-refractivity contribution in [2.24, 2.45) is 0 Å². The average Bonchev–Trinajstić information content (AvgIpc) is 3.22. The van der Waals surface area contributed by atoms with Crippen LogP contribution in [0.3, 0.4) is 0 Å². The van der Waals surface area contributed by atoms with E-state index in [2.05, 4.69) is 6.58 Å². The number of rotatable bonds is 12. The number of esters is 1. The molecular weight excluding hydrogens is 372 g/mol. The van der Waals surface area contributed by atoms with E-state index in [-0.39, 0.29) is 18.3 Å². The molecule has 29 heavy (non-hydrogen) atoms. The van der Waals surface area contributed by atoms with Gasteiger partial charge >= 0.3 is 5.97 Å². The van der Waals surface area contributed by atoms with E-state index in [4.69, 9.17) is 23.7 Å². The third-order valence-electron chi connectivity index (χ3n) is 4.84. The molecule has 0 saturated carbocycles. The van der Waals surface area contributed by atoms with Gasteiger partial charge < -0.3 is 23.7 Å². The maximum absolute atomic E-state index is 12.0. The molecule has 6 nitrogen and oxygen atoms in total. The number of allylic oxidation sites excluding steroid dienone is 1. The van der Waals surface area contributed by atoms with Crippen LogP contribution in [0.4, 0.5) is 0 Å². The summed E-state index contributed by atoms with van der Waals surface area (Å²) >= 11 is 0. The molecule has 0 amide bonds. The van der Waals surface area contributed by atoms with E-state index in [1.807, 2.05) is 43.3 Å². The second-order valence-electron chi connectivity index (χ2n) is 6.89. The van der Waals surface area contributed by atoms with E-state index < -0.39 is 12.1 Å². The van der Waals surface area contributed by atoms with Gasteiger partial charge in [-0.3, -0.25) is 0 Å². The van der Waals surface area contributed by atoms with Gasteiger partial charge in [-0.05, 0) is 37.5 Å². The van der Waals surface area contributed by atoms with Crippen molar-refractivity contribution in [2.45, 2.75) is 57.2 Å². The molecule has 4 atom stereocenters. The van der Waals surface area contributed by atoms with Gasteiger partial charge in [0.25, 0.3) is 0 Å². The highest BCUT2D eigenvalue weighted by Gasteiger charge is 2.33. The fraction of sp³-hybridized carbons (Fsp3) is 0.522. The fourth-order valence-electron chi connectivity index (χ4n) is 3.21. The Bertz CT molecular complexity index is 654. The lowest BCUT2D eigenvalue weighted by molar-refractivity contribution is -0.161. The predicted molar refractivity (Wildman–Crippen MR) is 111 cm³/mol. The maximum Gasteiger partial charge on any atom is 0.335 e. The van der Waals surface area contributed by atoms with Gasteiger partial charge in [-0.2, -0.15) is 0 Å². The Morgan fingerprint density at radius 1 is 1.28 bits per heavy atom. The molecule has 1 heterocycles. The Kier molecular flexibility index (Phi) is 9.91. The van der Waals surface area contributed by atoms with Crippen molar-refractivity contribution >= 4 is 5.97 Å². The van der Waals surface area contributed by atoms with E-state index >= 15 is 0 Å². The summed E-state index contributed by atoms with van der Waals surface area (Å²) in [5, 5.41) is 0. The molecule has 0 radical (unpaired) electrons. The first-order valence-corrected chi connectivity index (χ1v) is 9.94. The number of hydrogen-bond acceptors (Lipinski definition) is 6. The van der Waals surface area contributed by atoms with Crippen LogP contribution in [0.5, 0.6) is 5.75 Å². The van der Waals surface area contributed by atoms with Crippen LogP contribution in [0.15, 0.2) is 49.1 Å². The summed E-state index contributed by atoms with van der Waals surface area (Å²) in [6, 6.07) is 7.80. The number of hydrogen-bond donors (Lipinski definition) is 0. The standard InChI is InChI=1S/C23H32O6/c1-5-7-8-22(23(24)26-4)29-20(6-2)21-14-13-19(28-21)16-27-15-17-9-11-18(25-3)12-10-17/h5-7,9-12,19-22H,2,8,13-16H2,1,3-4H3/b7-5+/t19-,20+,21-,22-/m1/s1. The van der Waals surface area contributed by atoms with Crippen LogP contribution >= 0.6 is 0 Å². The molecule has 1 aromatic rings. The molecule has 1 aromatic carbocycles. The van der Waals surface area contributed by atoms with Crippen molar-refractivity contribution in [3.63, 3.8) is 0 Å². The van der Waals surface area contributed by atoms with Crippen LogP contribution in [0.2, 0.25) is 0 Å². The van der Waals surface area contributed by atoms with Gasteiger partial charge in [-0.1, -0.05) is 30.4 Å². The van der Waals surface area contributed by atoms with Gasteiger partial charge in [0.1, 0.15) is 11.9 Å². The summed E-state index contributed by atoms with van der Waals surface area (Å²) in [6.07, 6.45) is 6.40. The van der Waals surface area contributed by atoms with Gasteiger partial charge in [0, 0.05) is 6.42 Å². The zero-order chi connectivity index (χ0) is 21.1. The molecule has 1 saturated heterocycles. The minimum absolute atomic E-state index is 0.00332. The molecule has 2 rings (SSSR count). The summed E-state index contributed by atoms with van der Waals surface area (Å²) in [6.45, 7) is 6.77. The molecule has 0 spiro atoms. The second-order valence-corrected chi connectivity index (χ2v) is 6.89. The van der Waals surface area contributed by atoms with Crippen molar-refractivity contribution in [3.05, 3.63) is 54.6 Å². The molecule has 0 aliphatic carbocycles. The number of ether oxygens (including phenoxy) is 5. The third kappa shape index (κ3) is 7.31. The molecule has 160 valence electrons. The van der Waals surface area contributed by atoms with Crippen LogP contribution < -0.4 is 4.74 Å². The lowest BCUT2D eigenvalue weighted by Crippen LogP contribution is -2.36. The van der Waals surface area contributed by atoms with Gasteiger partial charge in [0.2, 0.25) is 0 Å². The normalized spacial score (nSPS) is 21.1. The fourth-order valence-corrected chi connectivity index (χ4v) is 3.21. The Morgan fingerprint density at radius 2 is 2.03 bits per heavy atom. The van der Waals surface area contributed by atoms with Crippen molar-refractivity contribution in [1.82, 2.24) is 0 Å². The summed E-state index contributed by atoms with van der Waals surface area (Å²) in [7, 11) is 3.01. The van der Waals surface area contributed by atoms with E-state index in [1.54, 1.807) is 13.2 Å². The largest absolute Gasteiger partial charge is 0.497 e. The Labute approximate surface area is 173 Å². The maximum atomic E-state index is 12.0. The van der Waals surface area contributed by atoms with E-state index in [0.29, 0.717) is 19.6 Å². The van der Waals surface area contributed by atoms with Gasteiger partial charge in [-0.15, -0.1) is 6.58 Å². The molecule has 0 aromatic heterocycles. The first-order valence-electron chi connectivity index (χ1n) is 9.94. The lowest BCUT2D eigenvalue weighted by Gasteiger charge is -2.25. The summed E-state index contributed by atoms with van der Waals surface area (Å²) in [5.74, 6) is 0.429. The number of carbonyl (C=O) groups excluding carboxylic acids is 1. The quantitative estimate of drug-likeness (QED) is 0.390. The molecule has 6 heteroatoms. The molecule has 0 unspecified atom stereocenters. The molecule has 1 fully saturated rings. The predicted octanol–water partition coefficient (Wildman–Crippen LogP) is 3.84. The van der Waals surface area contributed by atoms with Crippen LogP contribution in [-0.2, 0) is 30.3 Å². The van der Waals surface area contributed by atoms with Crippen LogP contribution in [-0.4, -0.2) is 51.2 Å². The highest BCUT2D eigenvalue weighted by atomic mass is 16.6. The minimum atomic E-state index is -0.673. The van der Waals surface area contributed by atoms with Crippen LogP contribution in [0.25, 0.3) is 0 Å². The number of carbonyl (C=O) groups is 1. The SMILES string of the molecule is C=C[C@H](O[C@H](C/C=C/C)C(=O)OC)[C@H]1CC[C@H](COCc2ccc(OC)cc2)O1. The summed E-state index contributed by atoms with van der Waals surface area (Å²) in [4.78, 5) is 12.0. The van der Waals surface area contributed by atoms with Crippen LogP contribution in [0, 0.1) is 0 Å². The van der Waals surface area contributed by atoms with E-state index in [9.17, 15) is 4.79 Å². The summed E-state index contributed by atoms with van der Waals surface area (Å²) in [5.41, 5.74) is 1.08. The van der Waals surface area contributed by atoms with E-state index in [1.165, 1.54) is 7.11 Å². The Balaban J connectivity index is 1.80. The summed E-state index contributed by atoms with van der Waals surface area (Å²) < 4.78 is 27.9. The van der Waals surface area contributed by atoms with Gasteiger partial charge in [0.15, 0.2) is 6.10 Å². The zero-order valence-corrected chi connectivity index (χ0v) is 17.5. The zero-order valence-electron chi connectivity index (χ0n) is 17.5. The smallest absolute Gasteiger partial charge is 0.335 e. The van der Waals surface area contributed by atoms with Gasteiger partial charge in [-0.25, -0.2) is 4.79 Å². The van der Waals surface area contributed by atoms with Crippen molar-refractivity contribution in [3.8, 4) is 5.75 Å². The highest BCUT2D eigenvalue weighted by Crippen LogP contribution is 2.26. The van der Waals surface area contributed by atoms with Gasteiger partial charge in [0.05, 0.1) is 39.6 Å². The Hall–Kier alpha value is -2.15. The monoisotopic (exact) mass is 404 g/mol. The average molecular weight is 405 g/mol. The second kappa shape index (κ2) is 12.4. The third-order valence-corrected chi connectivity index (χ3v) is 4.84. The number of methoxy groups -OCH3 is 2. The Morgan fingerprint density at radius 3 is 2.66 bits per heavy atom. The molecule has 0 bridgehead atoms. The van der Waals surface area contributed by atoms with Crippen LogP contribution in [0.1, 0.15) is 31.7 Å². The van der Waals surface area contributed by atoms with Crippen molar-refractivity contribution in [2.75, 3.05) is 20.8 Å². The molecule has 0 N–H and O–H groups in total. The van der Waals surface area contributed by atoms with E-state index in [0.717, 1.165) is 24.2 Å².